The Morgan fingerprint density at radius 1 is 1.06 bits per heavy atom. The molecular formula is C20H34N3O10PS. The molecule has 15 heteroatoms. The molecule has 0 radical (unpaired) electrons. The summed E-state index contributed by atoms with van der Waals surface area (Å²) < 4.78 is 32.7. The molecule has 2 amide bonds. The van der Waals surface area contributed by atoms with Crippen LogP contribution in [0.5, 0.6) is 0 Å². The van der Waals surface area contributed by atoms with Gasteiger partial charge in [0.15, 0.2) is 11.2 Å². The molecule has 3 atom stereocenters. The van der Waals surface area contributed by atoms with Crippen molar-refractivity contribution in [1.82, 2.24) is 15.7 Å². The van der Waals surface area contributed by atoms with Gasteiger partial charge >= 0.3 is 19.7 Å². The molecule has 35 heavy (non-hydrogen) atoms. The Balaban J connectivity index is 2.41. The molecule has 0 bridgehead atoms. The Morgan fingerprint density at radius 2 is 1.74 bits per heavy atom. The van der Waals surface area contributed by atoms with Gasteiger partial charge in [0.05, 0.1) is 27.2 Å². The van der Waals surface area contributed by atoms with Crippen molar-refractivity contribution < 1.29 is 47.1 Å². The molecular weight excluding hydrogens is 505 g/mol. The van der Waals surface area contributed by atoms with Gasteiger partial charge in [0.2, 0.25) is 11.8 Å². The van der Waals surface area contributed by atoms with Crippen LogP contribution < -0.4 is 15.7 Å². The van der Waals surface area contributed by atoms with E-state index in [2.05, 4.69) is 25.2 Å². The molecule has 0 saturated carbocycles. The van der Waals surface area contributed by atoms with Crippen LogP contribution in [-0.2, 0) is 47.1 Å². The van der Waals surface area contributed by atoms with Gasteiger partial charge in [-0.2, -0.15) is 0 Å². The Morgan fingerprint density at radius 3 is 2.37 bits per heavy atom. The van der Waals surface area contributed by atoms with Crippen molar-refractivity contribution in [3.63, 3.8) is 0 Å². The van der Waals surface area contributed by atoms with E-state index in [4.69, 9.17) is 9.05 Å². The van der Waals surface area contributed by atoms with Crippen molar-refractivity contribution in [2.24, 2.45) is 5.41 Å². The van der Waals surface area contributed by atoms with Crippen LogP contribution in [0.2, 0.25) is 0 Å². The third-order valence-electron chi connectivity index (χ3n) is 4.80. The van der Waals surface area contributed by atoms with E-state index in [9.17, 15) is 28.5 Å². The number of amides is 2. The van der Waals surface area contributed by atoms with E-state index in [1.807, 2.05) is 0 Å². The van der Waals surface area contributed by atoms with Crippen LogP contribution in [0.4, 0.5) is 0 Å². The Hall–Kier alpha value is -1.99. The summed E-state index contributed by atoms with van der Waals surface area (Å²) in [6.07, 6.45) is -1.11. The van der Waals surface area contributed by atoms with E-state index in [-0.39, 0.29) is 50.0 Å². The lowest BCUT2D eigenvalue weighted by Crippen LogP contribution is -2.51. The number of ether oxygens (including phenoxy) is 2. The molecule has 1 fully saturated rings. The number of hydrogen-bond donors (Lipinski definition) is 3. The normalized spacial score (nSPS) is 21.9. The first kappa shape index (κ1) is 31.0. The maximum Gasteiger partial charge on any atom is 0.407 e. The van der Waals surface area contributed by atoms with Gasteiger partial charge in [-0.05, 0) is 6.92 Å². The van der Waals surface area contributed by atoms with Crippen molar-refractivity contribution in [3.8, 4) is 0 Å². The Kier molecular flexibility index (Phi) is 12.9. The summed E-state index contributed by atoms with van der Waals surface area (Å²) in [5, 5.41) is 7.47. The van der Waals surface area contributed by atoms with Gasteiger partial charge < -0.3 is 20.1 Å². The smallest absolute Gasteiger partial charge is 0.407 e. The topological polar surface area (TPSA) is 175 Å². The average molecular weight is 540 g/mol. The minimum Gasteiger partial charge on any atom is -0.469 e. The SMILES string of the molecule is COC(=O)CCC(=O)SCCNC(=O)CCNC(=O)[C@@H]1OP(=O)(N[C@@H](C)C(=O)OC)OCC1(C)C. The number of methoxy groups -OCH3 is 2. The van der Waals surface area contributed by atoms with Gasteiger partial charge in [0.1, 0.15) is 6.04 Å². The van der Waals surface area contributed by atoms with Crippen molar-refractivity contribution >= 4 is 48.4 Å². The van der Waals surface area contributed by atoms with E-state index in [0.29, 0.717) is 5.75 Å². The lowest BCUT2D eigenvalue weighted by atomic mass is 9.87. The minimum absolute atomic E-state index is 0.00294. The number of rotatable bonds is 13. The number of esters is 2. The van der Waals surface area contributed by atoms with E-state index < -0.39 is 43.2 Å². The second kappa shape index (κ2) is 14.5. The number of nitrogens with one attached hydrogen (secondary N) is 3. The van der Waals surface area contributed by atoms with Crippen LogP contribution in [0.1, 0.15) is 40.0 Å². The van der Waals surface area contributed by atoms with Crippen molar-refractivity contribution in [2.45, 2.75) is 52.2 Å². The van der Waals surface area contributed by atoms with Crippen LogP contribution in [0.15, 0.2) is 0 Å². The number of hydrogen-bond acceptors (Lipinski definition) is 11. The third-order valence-corrected chi connectivity index (χ3v) is 7.40. The summed E-state index contributed by atoms with van der Waals surface area (Å²) in [5.41, 5.74) is -0.825. The van der Waals surface area contributed by atoms with Crippen LogP contribution >= 0.6 is 19.5 Å². The van der Waals surface area contributed by atoms with Gasteiger partial charge in [-0.25, -0.2) is 9.65 Å². The highest BCUT2D eigenvalue weighted by Crippen LogP contribution is 2.53. The molecule has 1 unspecified atom stereocenters. The van der Waals surface area contributed by atoms with E-state index in [1.165, 1.54) is 21.1 Å². The summed E-state index contributed by atoms with van der Waals surface area (Å²) >= 11 is 1.00. The fourth-order valence-electron chi connectivity index (χ4n) is 2.79. The van der Waals surface area contributed by atoms with Crippen molar-refractivity contribution in [2.75, 3.05) is 39.7 Å². The quantitative estimate of drug-likeness (QED) is 0.168. The molecule has 3 N–H and O–H groups in total. The lowest BCUT2D eigenvalue weighted by Gasteiger charge is -2.40. The molecule has 0 aromatic heterocycles. The number of carbonyl (C=O) groups excluding carboxylic acids is 5. The van der Waals surface area contributed by atoms with Gasteiger partial charge in [-0.15, -0.1) is 0 Å². The minimum atomic E-state index is -3.96. The molecule has 1 saturated heterocycles. The Labute approximate surface area is 208 Å². The lowest BCUT2D eigenvalue weighted by molar-refractivity contribution is -0.143. The summed E-state index contributed by atoms with van der Waals surface area (Å²) in [6, 6.07) is -0.985. The molecule has 0 aromatic carbocycles. The fraction of sp³-hybridized carbons (Fsp3) is 0.750. The molecule has 200 valence electrons. The largest absolute Gasteiger partial charge is 0.469 e. The van der Waals surface area contributed by atoms with Crippen molar-refractivity contribution in [1.29, 1.82) is 0 Å². The zero-order valence-electron chi connectivity index (χ0n) is 20.5. The van der Waals surface area contributed by atoms with Crippen molar-refractivity contribution in [3.05, 3.63) is 0 Å². The number of thioether (sulfide) groups is 1. The molecule has 0 aromatic rings. The summed E-state index contributed by atoms with van der Waals surface area (Å²) in [4.78, 5) is 58.9. The van der Waals surface area contributed by atoms with Crippen LogP contribution in [0.25, 0.3) is 0 Å². The fourth-order valence-corrected chi connectivity index (χ4v) is 5.41. The molecule has 0 aliphatic carbocycles. The second-order valence-corrected chi connectivity index (χ2v) is 11.2. The highest BCUT2D eigenvalue weighted by molar-refractivity contribution is 8.13. The summed E-state index contributed by atoms with van der Waals surface area (Å²) in [6.45, 7) is 4.98. The molecule has 1 rings (SSSR count). The maximum atomic E-state index is 12.9. The molecule has 1 aliphatic heterocycles. The molecule has 1 heterocycles. The standard InChI is InChI=1S/C20H34N3O10PS/c1-13(19(28)31-5)23-34(29)32-12-20(2,3)17(33-34)18(27)22-9-8-14(24)21-10-11-35-16(26)7-6-15(25)30-4/h13,17H,6-12H2,1-5H3,(H,21,24)(H,22,27)(H,23,29)/t13-,17-,34?/m0/s1. The second-order valence-electron chi connectivity index (χ2n) is 8.31. The predicted octanol–water partition coefficient (Wildman–Crippen LogP) is 0.523. The summed E-state index contributed by atoms with van der Waals surface area (Å²) in [7, 11) is -1.53. The van der Waals surface area contributed by atoms with Gasteiger partial charge in [0.25, 0.3) is 0 Å². The predicted molar refractivity (Wildman–Crippen MR) is 126 cm³/mol. The zero-order valence-corrected chi connectivity index (χ0v) is 22.3. The molecule has 13 nitrogen and oxygen atoms in total. The third kappa shape index (κ3) is 11.1. The van der Waals surface area contributed by atoms with E-state index in [0.717, 1.165) is 11.8 Å². The monoisotopic (exact) mass is 539 g/mol. The maximum absolute atomic E-state index is 12.9. The first-order chi connectivity index (χ1) is 16.3. The summed E-state index contributed by atoms with van der Waals surface area (Å²) in [5.74, 6) is -1.70. The highest BCUT2D eigenvalue weighted by Gasteiger charge is 2.48. The van der Waals surface area contributed by atoms with E-state index in [1.54, 1.807) is 13.8 Å². The number of carbonyl (C=O) groups is 5. The van der Waals surface area contributed by atoms with Gasteiger partial charge in [-0.3, -0.25) is 33.0 Å². The zero-order chi connectivity index (χ0) is 26.6. The Bertz CT molecular complexity index is 838. The van der Waals surface area contributed by atoms with Crippen LogP contribution in [-0.4, -0.2) is 80.7 Å². The average Bonchev–Trinajstić information content (AvgIpc) is 2.81. The first-order valence-corrected chi connectivity index (χ1v) is 13.4. The van der Waals surface area contributed by atoms with Gasteiger partial charge in [0, 0.05) is 37.1 Å². The van der Waals surface area contributed by atoms with Gasteiger partial charge in [-0.1, -0.05) is 25.6 Å². The molecule has 0 spiro atoms. The van der Waals surface area contributed by atoms with Crippen LogP contribution in [0, 0.1) is 5.41 Å². The van der Waals surface area contributed by atoms with Crippen LogP contribution in [0.3, 0.4) is 0 Å². The first-order valence-electron chi connectivity index (χ1n) is 10.9. The highest BCUT2D eigenvalue weighted by atomic mass is 32.2. The molecule has 1 aliphatic rings. The van der Waals surface area contributed by atoms with E-state index >= 15 is 0 Å².